The first kappa shape index (κ1) is 9.97. The minimum absolute atomic E-state index is 0.598. The Kier molecular flexibility index (Phi) is 3.24. The number of hydrogen-bond acceptors (Lipinski definition) is 1. The highest BCUT2D eigenvalue weighted by Crippen LogP contribution is 2.14. The first-order chi connectivity index (χ1) is 6.13. The molecule has 0 unspecified atom stereocenters. The highest BCUT2D eigenvalue weighted by Gasteiger charge is 2.03. The van der Waals surface area contributed by atoms with E-state index in [9.17, 15) is 4.79 Å². The van der Waals surface area contributed by atoms with Gasteiger partial charge in [-0.3, -0.25) is 4.79 Å². The van der Waals surface area contributed by atoms with Gasteiger partial charge in [-0.05, 0) is 24.8 Å². The lowest BCUT2D eigenvalue weighted by atomic mass is 9.97. The maximum absolute atomic E-state index is 10.7. The Bertz CT molecular complexity index is 300. The smallest absolute Gasteiger partial charge is 0.150 e. The Morgan fingerprint density at radius 1 is 1.38 bits per heavy atom. The predicted octanol–water partition coefficient (Wildman–Crippen LogP) is 3.01. The Balaban J connectivity index is 3.01. The van der Waals surface area contributed by atoms with Crippen molar-refractivity contribution >= 4 is 6.29 Å². The number of rotatable bonds is 3. The molecule has 1 aromatic rings. The van der Waals surface area contributed by atoms with Gasteiger partial charge in [0.2, 0.25) is 0 Å². The van der Waals surface area contributed by atoms with Crippen LogP contribution in [-0.2, 0) is 6.42 Å². The van der Waals surface area contributed by atoms with Crippen molar-refractivity contribution in [3.63, 3.8) is 0 Å². The molecule has 0 aliphatic rings. The van der Waals surface area contributed by atoms with Gasteiger partial charge < -0.3 is 0 Å². The zero-order valence-electron chi connectivity index (χ0n) is 8.50. The van der Waals surface area contributed by atoms with Crippen LogP contribution in [0, 0.1) is 12.8 Å². The first-order valence-electron chi connectivity index (χ1n) is 4.68. The lowest BCUT2D eigenvalue weighted by Gasteiger charge is -2.08. The van der Waals surface area contributed by atoms with E-state index in [1.165, 1.54) is 11.1 Å². The molecule has 0 atom stereocenters. The number of aryl methyl sites for hydroxylation is 1. The van der Waals surface area contributed by atoms with Gasteiger partial charge >= 0.3 is 0 Å². The third-order valence-electron chi connectivity index (χ3n) is 2.05. The van der Waals surface area contributed by atoms with E-state index in [0.717, 1.165) is 18.3 Å². The zero-order valence-corrected chi connectivity index (χ0v) is 8.50. The van der Waals surface area contributed by atoms with E-state index < -0.39 is 0 Å². The molecule has 0 N–H and O–H groups in total. The van der Waals surface area contributed by atoms with Crippen LogP contribution in [0.4, 0.5) is 0 Å². The number of aldehydes is 1. The van der Waals surface area contributed by atoms with Crippen molar-refractivity contribution in [2.75, 3.05) is 0 Å². The predicted molar refractivity (Wildman–Crippen MR) is 55.1 cm³/mol. The van der Waals surface area contributed by atoms with E-state index in [-0.39, 0.29) is 0 Å². The van der Waals surface area contributed by atoms with Crippen LogP contribution in [0.1, 0.15) is 35.3 Å². The lowest BCUT2D eigenvalue weighted by molar-refractivity contribution is 0.112. The molecule has 0 fully saturated rings. The summed E-state index contributed by atoms with van der Waals surface area (Å²) in [5.41, 5.74) is 3.23. The van der Waals surface area contributed by atoms with Crippen molar-refractivity contribution in [1.29, 1.82) is 0 Å². The van der Waals surface area contributed by atoms with Gasteiger partial charge in [-0.15, -0.1) is 0 Å². The summed E-state index contributed by atoms with van der Waals surface area (Å²) < 4.78 is 0. The van der Waals surface area contributed by atoms with E-state index in [1.54, 1.807) is 0 Å². The average molecular weight is 176 g/mol. The quantitative estimate of drug-likeness (QED) is 0.647. The molecular formula is C12H16O. The monoisotopic (exact) mass is 176 g/mol. The summed E-state index contributed by atoms with van der Waals surface area (Å²) in [7, 11) is 0. The van der Waals surface area contributed by atoms with Gasteiger partial charge in [-0.25, -0.2) is 0 Å². The topological polar surface area (TPSA) is 17.1 Å². The van der Waals surface area contributed by atoms with Crippen LogP contribution >= 0.6 is 0 Å². The maximum atomic E-state index is 10.7. The number of benzene rings is 1. The Hall–Kier alpha value is -1.11. The second-order valence-electron chi connectivity index (χ2n) is 3.92. The normalized spacial score (nSPS) is 10.5. The summed E-state index contributed by atoms with van der Waals surface area (Å²) in [5, 5.41) is 0. The molecule has 13 heavy (non-hydrogen) atoms. The first-order valence-corrected chi connectivity index (χ1v) is 4.68. The third-order valence-corrected chi connectivity index (χ3v) is 2.05. The fourth-order valence-electron chi connectivity index (χ4n) is 1.47. The van der Waals surface area contributed by atoms with Crippen LogP contribution in [0.2, 0.25) is 0 Å². The van der Waals surface area contributed by atoms with E-state index in [4.69, 9.17) is 0 Å². The van der Waals surface area contributed by atoms with E-state index >= 15 is 0 Å². The van der Waals surface area contributed by atoms with E-state index in [2.05, 4.69) is 26.8 Å². The van der Waals surface area contributed by atoms with Crippen molar-refractivity contribution in [2.24, 2.45) is 5.92 Å². The van der Waals surface area contributed by atoms with Gasteiger partial charge in [0.1, 0.15) is 6.29 Å². The van der Waals surface area contributed by atoms with Crippen LogP contribution in [0.3, 0.4) is 0 Å². The largest absolute Gasteiger partial charge is 0.298 e. The second-order valence-corrected chi connectivity index (χ2v) is 3.92. The molecule has 0 heterocycles. The summed E-state index contributed by atoms with van der Waals surface area (Å²) in [6.45, 7) is 6.38. The fraction of sp³-hybridized carbons (Fsp3) is 0.417. The SMILES string of the molecule is Cc1ccc(C=O)c(CC(C)C)c1. The fourth-order valence-corrected chi connectivity index (χ4v) is 1.47. The van der Waals surface area contributed by atoms with E-state index in [0.29, 0.717) is 5.92 Å². The Morgan fingerprint density at radius 3 is 2.62 bits per heavy atom. The summed E-state index contributed by atoms with van der Waals surface area (Å²) in [5.74, 6) is 0.598. The molecule has 0 aliphatic heterocycles. The summed E-state index contributed by atoms with van der Waals surface area (Å²) >= 11 is 0. The molecule has 0 saturated heterocycles. The second kappa shape index (κ2) is 4.22. The van der Waals surface area contributed by atoms with Crippen LogP contribution in [0.15, 0.2) is 18.2 Å². The van der Waals surface area contributed by atoms with Crippen molar-refractivity contribution in [1.82, 2.24) is 0 Å². The average Bonchev–Trinajstić information content (AvgIpc) is 2.03. The van der Waals surface area contributed by atoms with Crippen molar-refractivity contribution in [3.05, 3.63) is 34.9 Å². The molecule has 0 saturated carbocycles. The molecule has 0 amide bonds. The number of carbonyl (C=O) groups is 1. The van der Waals surface area contributed by atoms with Crippen LogP contribution < -0.4 is 0 Å². The lowest BCUT2D eigenvalue weighted by Crippen LogP contribution is -1.99. The molecule has 70 valence electrons. The van der Waals surface area contributed by atoms with Crippen LogP contribution in [-0.4, -0.2) is 6.29 Å². The highest BCUT2D eigenvalue weighted by atomic mass is 16.1. The minimum Gasteiger partial charge on any atom is -0.298 e. The molecule has 0 radical (unpaired) electrons. The van der Waals surface area contributed by atoms with Gasteiger partial charge in [0.25, 0.3) is 0 Å². The van der Waals surface area contributed by atoms with Crippen molar-refractivity contribution in [3.8, 4) is 0 Å². The van der Waals surface area contributed by atoms with Crippen molar-refractivity contribution in [2.45, 2.75) is 27.2 Å². The molecule has 0 spiro atoms. The molecule has 0 aromatic heterocycles. The third kappa shape index (κ3) is 2.69. The van der Waals surface area contributed by atoms with Gasteiger partial charge in [-0.1, -0.05) is 37.6 Å². The van der Waals surface area contributed by atoms with Gasteiger partial charge in [0.05, 0.1) is 0 Å². The summed E-state index contributed by atoms with van der Waals surface area (Å²) in [6, 6.07) is 5.98. The number of hydrogen-bond donors (Lipinski definition) is 0. The van der Waals surface area contributed by atoms with E-state index in [1.807, 2.05) is 12.1 Å². The molecule has 1 aromatic carbocycles. The summed E-state index contributed by atoms with van der Waals surface area (Å²) in [4.78, 5) is 10.7. The van der Waals surface area contributed by atoms with Crippen LogP contribution in [0.25, 0.3) is 0 Å². The van der Waals surface area contributed by atoms with Gasteiger partial charge in [0, 0.05) is 5.56 Å². The van der Waals surface area contributed by atoms with Gasteiger partial charge in [-0.2, -0.15) is 0 Å². The van der Waals surface area contributed by atoms with Gasteiger partial charge in [0.15, 0.2) is 0 Å². The van der Waals surface area contributed by atoms with Crippen LogP contribution in [0.5, 0.6) is 0 Å². The molecule has 0 aliphatic carbocycles. The number of carbonyl (C=O) groups excluding carboxylic acids is 1. The standard InChI is InChI=1S/C12H16O/c1-9(2)6-12-7-10(3)4-5-11(12)8-13/h4-5,7-9H,6H2,1-3H3. The molecule has 0 bridgehead atoms. The maximum Gasteiger partial charge on any atom is 0.150 e. The minimum atomic E-state index is 0.598. The Labute approximate surface area is 79.8 Å². The Morgan fingerprint density at radius 2 is 2.08 bits per heavy atom. The molecule has 1 nitrogen and oxygen atoms in total. The summed E-state index contributed by atoms with van der Waals surface area (Å²) in [6.07, 6.45) is 1.92. The molecule has 1 heteroatoms. The highest BCUT2D eigenvalue weighted by molar-refractivity contribution is 5.77. The zero-order chi connectivity index (χ0) is 9.84. The molecular weight excluding hydrogens is 160 g/mol. The van der Waals surface area contributed by atoms with Crippen molar-refractivity contribution < 1.29 is 4.79 Å². The molecule has 1 rings (SSSR count).